The third-order valence-corrected chi connectivity index (χ3v) is 7.71. The van der Waals surface area contributed by atoms with Gasteiger partial charge in [0.1, 0.15) is 29.5 Å². The van der Waals surface area contributed by atoms with Crippen LogP contribution in [0.3, 0.4) is 0 Å². The molecule has 43 heavy (non-hydrogen) atoms. The maximum Gasteiger partial charge on any atom is 0.514 e. The van der Waals surface area contributed by atoms with Crippen LogP contribution in [-0.4, -0.2) is 57.5 Å². The third-order valence-electron chi connectivity index (χ3n) is 6.93. The lowest BCUT2D eigenvalue weighted by molar-refractivity contribution is -0.0936. The van der Waals surface area contributed by atoms with E-state index in [0.717, 1.165) is 6.42 Å². The Morgan fingerprint density at radius 1 is 0.977 bits per heavy atom. The van der Waals surface area contributed by atoms with Crippen LogP contribution in [0.1, 0.15) is 48.0 Å². The van der Waals surface area contributed by atoms with Crippen LogP contribution in [-0.2, 0) is 9.47 Å². The van der Waals surface area contributed by atoms with Crippen molar-refractivity contribution in [3.8, 4) is 11.5 Å². The van der Waals surface area contributed by atoms with Crippen molar-refractivity contribution in [1.29, 1.82) is 0 Å². The Labute approximate surface area is 258 Å². The molecule has 1 saturated carbocycles. The lowest BCUT2D eigenvalue weighted by atomic mass is 9.68. The zero-order valence-electron chi connectivity index (χ0n) is 24.7. The number of benzene rings is 2. The number of piperidine rings is 2. The summed E-state index contributed by atoms with van der Waals surface area (Å²) < 4.78 is 37.8. The molecule has 1 saturated heterocycles. The van der Waals surface area contributed by atoms with Crippen LogP contribution in [0, 0.1) is 17.7 Å². The van der Waals surface area contributed by atoms with Crippen molar-refractivity contribution < 1.29 is 32.9 Å². The van der Waals surface area contributed by atoms with Crippen LogP contribution in [0.5, 0.6) is 11.5 Å². The molecule has 1 aliphatic heterocycles. The van der Waals surface area contributed by atoms with Gasteiger partial charge in [-0.1, -0.05) is 23.2 Å². The normalized spacial score (nSPS) is 19.8. The first-order valence-electron chi connectivity index (χ1n) is 13.8. The van der Waals surface area contributed by atoms with Crippen LogP contribution in [0.4, 0.5) is 25.5 Å². The van der Waals surface area contributed by atoms with Gasteiger partial charge in [0.15, 0.2) is 17.3 Å². The molecule has 2 aliphatic rings. The molecule has 1 unspecified atom stereocenters. The van der Waals surface area contributed by atoms with Crippen LogP contribution >= 0.6 is 23.2 Å². The molecule has 2 heterocycles. The number of likely N-dealkylation sites (tertiary alicyclic amines) is 1. The first-order valence-corrected chi connectivity index (χ1v) is 14.6. The molecule has 2 aromatic carbocycles. The van der Waals surface area contributed by atoms with Gasteiger partial charge >= 0.3 is 12.2 Å². The number of hydrogen-bond acceptors (Lipinski definition) is 9. The number of halogens is 3. The smallest absolute Gasteiger partial charge is 0.486 e. The minimum absolute atomic E-state index is 0.0475. The number of amides is 1. The summed E-state index contributed by atoms with van der Waals surface area (Å²) in [6.45, 7) is 11.6. The monoisotopic (exact) mass is 634 g/mol. The zero-order chi connectivity index (χ0) is 31.3. The van der Waals surface area contributed by atoms with Gasteiger partial charge in [0.2, 0.25) is 0 Å². The summed E-state index contributed by atoms with van der Waals surface area (Å²) >= 11 is 11.9. The fraction of sp³-hybridized carbons (Fsp3) is 0.467. The molecule has 3 atom stereocenters. The van der Waals surface area contributed by atoms with Crippen LogP contribution in [0.25, 0.3) is 10.9 Å². The van der Waals surface area contributed by atoms with Gasteiger partial charge in [0, 0.05) is 36.4 Å². The Balaban J connectivity index is 1.45. The first-order chi connectivity index (χ1) is 20.1. The van der Waals surface area contributed by atoms with E-state index in [0.29, 0.717) is 24.0 Å². The number of aromatic nitrogens is 2. The van der Waals surface area contributed by atoms with Gasteiger partial charge in [-0.25, -0.2) is 23.9 Å². The van der Waals surface area contributed by atoms with E-state index < -0.39 is 23.2 Å². The van der Waals surface area contributed by atoms with E-state index in [4.69, 9.17) is 42.1 Å². The molecule has 0 spiro atoms. The van der Waals surface area contributed by atoms with Crippen molar-refractivity contribution in [2.45, 2.75) is 65.3 Å². The molecule has 2 fully saturated rings. The minimum Gasteiger partial charge on any atom is -0.486 e. The van der Waals surface area contributed by atoms with Gasteiger partial charge in [-0.2, -0.15) is 0 Å². The highest BCUT2D eigenvalue weighted by atomic mass is 35.5. The van der Waals surface area contributed by atoms with Gasteiger partial charge < -0.3 is 29.2 Å². The van der Waals surface area contributed by atoms with Gasteiger partial charge in [-0.05, 0) is 66.2 Å². The fourth-order valence-electron chi connectivity index (χ4n) is 5.10. The van der Waals surface area contributed by atoms with Crippen LogP contribution < -0.4 is 14.8 Å². The third kappa shape index (κ3) is 6.99. The molecule has 10 nitrogen and oxygen atoms in total. The van der Waals surface area contributed by atoms with Crippen molar-refractivity contribution in [2.75, 3.05) is 18.4 Å². The number of anilines is 2. The molecular weight excluding hydrogens is 602 g/mol. The Bertz CT molecular complexity index is 1560. The second-order valence-electron chi connectivity index (χ2n) is 12.7. The molecule has 230 valence electrons. The lowest BCUT2D eigenvalue weighted by Gasteiger charge is -2.52. The summed E-state index contributed by atoms with van der Waals surface area (Å²) in [5.74, 6) is -0.0326. The number of hydrogen-bond donors (Lipinski definition) is 1. The van der Waals surface area contributed by atoms with E-state index in [1.54, 1.807) is 31.7 Å². The van der Waals surface area contributed by atoms with Gasteiger partial charge in [-0.15, -0.1) is 0 Å². The van der Waals surface area contributed by atoms with E-state index in [2.05, 4.69) is 15.3 Å². The quantitative estimate of drug-likeness (QED) is 0.171. The zero-order valence-corrected chi connectivity index (χ0v) is 26.2. The van der Waals surface area contributed by atoms with E-state index in [1.165, 1.54) is 24.5 Å². The SMILES string of the molecule is CC(C)(C)OC(=O)Oc1cc2ncnc(Nc3ccc(Cl)c(Cl)c3F)c2cc1OC1[C@@H]2C[C@H]1CN(C(=O)OC(C)(C)C)C2. The van der Waals surface area contributed by atoms with Crippen LogP contribution in [0.15, 0.2) is 30.6 Å². The lowest BCUT2D eigenvalue weighted by Crippen LogP contribution is -2.62. The number of ether oxygens (including phenoxy) is 4. The second kappa shape index (κ2) is 11.5. The molecule has 1 amide bonds. The van der Waals surface area contributed by atoms with Gasteiger partial charge in [0.25, 0.3) is 0 Å². The molecule has 1 N–H and O–H groups in total. The van der Waals surface area contributed by atoms with Crippen molar-refractivity contribution in [2.24, 2.45) is 11.8 Å². The van der Waals surface area contributed by atoms with Gasteiger partial charge in [0.05, 0.1) is 21.2 Å². The summed E-state index contributed by atoms with van der Waals surface area (Å²) in [6.07, 6.45) is 0.659. The number of carbonyl (C=O) groups excluding carboxylic acids is 2. The molecule has 1 aliphatic carbocycles. The highest BCUT2D eigenvalue weighted by molar-refractivity contribution is 6.42. The van der Waals surface area contributed by atoms with Crippen molar-refractivity contribution in [3.05, 3.63) is 46.5 Å². The fourth-order valence-corrected chi connectivity index (χ4v) is 5.42. The molecule has 3 aromatic rings. The highest BCUT2D eigenvalue weighted by Gasteiger charge is 2.50. The maximum absolute atomic E-state index is 14.9. The Morgan fingerprint density at radius 3 is 2.30 bits per heavy atom. The molecule has 5 rings (SSSR count). The number of nitrogens with zero attached hydrogens (tertiary/aromatic N) is 3. The number of rotatable bonds is 5. The number of nitrogens with one attached hydrogen (secondary N) is 1. The predicted molar refractivity (Wildman–Crippen MR) is 160 cm³/mol. The summed E-state index contributed by atoms with van der Waals surface area (Å²) in [5.41, 5.74) is -0.925. The largest absolute Gasteiger partial charge is 0.514 e. The first kappa shape index (κ1) is 30.9. The average molecular weight is 636 g/mol. The Kier molecular flexibility index (Phi) is 8.26. The maximum atomic E-state index is 14.9. The van der Waals surface area contributed by atoms with Crippen molar-refractivity contribution >= 4 is 57.9 Å². The summed E-state index contributed by atoms with van der Waals surface area (Å²) in [7, 11) is 0. The number of carbonyl (C=O) groups is 2. The van der Waals surface area contributed by atoms with E-state index in [-0.39, 0.29) is 57.1 Å². The number of fused-ring (bicyclic) bond motifs is 3. The average Bonchev–Trinajstić information content (AvgIpc) is 2.90. The summed E-state index contributed by atoms with van der Waals surface area (Å²) in [6, 6.07) is 6.08. The second-order valence-corrected chi connectivity index (χ2v) is 13.5. The molecular formula is C30H33Cl2FN4O6. The van der Waals surface area contributed by atoms with E-state index in [1.807, 2.05) is 20.8 Å². The van der Waals surface area contributed by atoms with Crippen LogP contribution in [0.2, 0.25) is 10.0 Å². The van der Waals surface area contributed by atoms with E-state index >= 15 is 0 Å². The van der Waals surface area contributed by atoms with E-state index in [9.17, 15) is 14.0 Å². The standard InChI is InChI=1S/C30H33Cl2FN4O6/c1-29(2,3)42-27(38)37-12-15-9-16(13-37)25(15)40-21-10-17-20(11-22(21)41-28(39)43-30(4,5)6)34-14-35-26(17)36-19-8-7-18(31)23(32)24(19)33/h7-8,10-11,14-16,25H,9,12-13H2,1-6H3,(H,34,35,36)/t15-,16+,25?. The molecule has 1 aromatic heterocycles. The Morgan fingerprint density at radius 2 is 1.65 bits per heavy atom. The molecule has 13 heteroatoms. The highest BCUT2D eigenvalue weighted by Crippen LogP contribution is 2.45. The summed E-state index contributed by atoms with van der Waals surface area (Å²) in [5, 5.41) is 3.27. The van der Waals surface area contributed by atoms with Crippen molar-refractivity contribution in [1.82, 2.24) is 14.9 Å². The molecule has 2 bridgehead atoms. The van der Waals surface area contributed by atoms with Crippen molar-refractivity contribution in [3.63, 3.8) is 0 Å². The minimum atomic E-state index is -0.910. The molecule has 0 radical (unpaired) electrons. The predicted octanol–water partition coefficient (Wildman–Crippen LogP) is 7.77. The Hall–Kier alpha value is -3.57. The topological polar surface area (TPSA) is 112 Å². The van der Waals surface area contributed by atoms with Gasteiger partial charge in [-0.3, -0.25) is 0 Å². The summed E-state index contributed by atoms with van der Waals surface area (Å²) in [4.78, 5) is 35.6.